The van der Waals surface area contributed by atoms with Crippen LogP contribution in [0.2, 0.25) is 5.02 Å². The highest BCUT2D eigenvalue weighted by molar-refractivity contribution is 8.18. The Morgan fingerprint density at radius 2 is 1.90 bits per heavy atom. The summed E-state index contributed by atoms with van der Waals surface area (Å²) in [5.74, 6) is 0.784. The zero-order valence-corrected chi connectivity index (χ0v) is 19.1. The number of aliphatic imine (C=N–C) groups is 1. The maximum atomic E-state index is 13.2. The van der Waals surface area contributed by atoms with Crippen LogP contribution in [0.5, 0.6) is 5.75 Å². The molecule has 2 aromatic carbocycles. The van der Waals surface area contributed by atoms with Gasteiger partial charge >= 0.3 is 0 Å². The Morgan fingerprint density at radius 1 is 1.13 bits per heavy atom. The molecule has 0 N–H and O–H groups in total. The van der Waals surface area contributed by atoms with Crippen molar-refractivity contribution >= 4 is 46.2 Å². The van der Waals surface area contributed by atoms with Crippen LogP contribution in [0.1, 0.15) is 37.7 Å². The number of carbonyl (C=O) groups is 1. The fourth-order valence-electron chi connectivity index (χ4n) is 3.65. The van der Waals surface area contributed by atoms with E-state index in [9.17, 15) is 4.79 Å². The third-order valence-corrected chi connectivity index (χ3v) is 6.65. The van der Waals surface area contributed by atoms with Crippen LogP contribution in [0.3, 0.4) is 0 Å². The normalized spacial score (nSPS) is 19.2. The molecule has 4 rings (SSSR count). The number of halogens is 1. The molecule has 31 heavy (non-hydrogen) atoms. The van der Waals surface area contributed by atoms with Gasteiger partial charge in [0.15, 0.2) is 5.17 Å². The number of ether oxygens (including phenoxy) is 1. The second-order valence-electron chi connectivity index (χ2n) is 7.57. The lowest BCUT2D eigenvalue weighted by Gasteiger charge is -2.18. The minimum atomic E-state index is 0.00335. The Labute approximate surface area is 192 Å². The molecule has 0 radical (unpaired) electrons. The Morgan fingerprint density at radius 3 is 2.58 bits per heavy atom. The van der Waals surface area contributed by atoms with Crippen LogP contribution < -0.4 is 4.74 Å². The molecule has 0 bridgehead atoms. The molecule has 4 nitrogen and oxygen atoms in total. The molecule has 0 saturated carbocycles. The number of rotatable bonds is 6. The van der Waals surface area contributed by atoms with Gasteiger partial charge in [-0.25, -0.2) is 4.99 Å². The minimum Gasteiger partial charge on any atom is -0.497 e. The Balaban J connectivity index is 1.60. The van der Waals surface area contributed by atoms with Gasteiger partial charge in [0.1, 0.15) is 5.75 Å². The van der Waals surface area contributed by atoms with Crippen molar-refractivity contribution in [1.29, 1.82) is 0 Å². The molecule has 0 spiro atoms. The molecule has 2 aliphatic rings. The molecule has 1 saturated heterocycles. The van der Waals surface area contributed by atoms with Crippen LogP contribution in [-0.2, 0) is 4.79 Å². The summed E-state index contributed by atoms with van der Waals surface area (Å²) in [4.78, 5) is 20.5. The first-order valence-electron chi connectivity index (χ1n) is 10.5. The number of hydrogen-bond acceptors (Lipinski definition) is 4. The van der Waals surface area contributed by atoms with E-state index in [1.807, 2.05) is 59.5 Å². The number of carbonyl (C=O) groups excluding carboxylic acids is 1. The van der Waals surface area contributed by atoms with E-state index in [0.29, 0.717) is 21.6 Å². The predicted molar refractivity (Wildman–Crippen MR) is 130 cm³/mol. The first-order valence-corrected chi connectivity index (χ1v) is 11.7. The van der Waals surface area contributed by atoms with Crippen LogP contribution in [0.4, 0.5) is 5.69 Å². The van der Waals surface area contributed by atoms with Crippen molar-refractivity contribution in [3.05, 3.63) is 75.7 Å². The average Bonchev–Trinajstić information content (AvgIpc) is 3.09. The first-order chi connectivity index (χ1) is 15.1. The zero-order valence-electron chi connectivity index (χ0n) is 17.5. The topological polar surface area (TPSA) is 41.9 Å². The number of amidine groups is 1. The molecule has 0 atom stereocenters. The Kier molecular flexibility index (Phi) is 7.15. The van der Waals surface area contributed by atoms with Crippen LogP contribution in [0.25, 0.3) is 6.08 Å². The third-order valence-electron chi connectivity index (χ3n) is 5.39. The predicted octanol–water partition coefficient (Wildman–Crippen LogP) is 6.84. The molecule has 1 aliphatic heterocycles. The van der Waals surface area contributed by atoms with Gasteiger partial charge in [-0.1, -0.05) is 35.4 Å². The Bertz CT molecular complexity index is 1030. The van der Waals surface area contributed by atoms with E-state index < -0.39 is 0 Å². The molecular formula is C25H25ClN2O2S. The van der Waals surface area contributed by atoms with Crippen molar-refractivity contribution in [2.24, 2.45) is 4.99 Å². The smallest absolute Gasteiger partial charge is 0.266 e. The van der Waals surface area contributed by atoms with Crippen molar-refractivity contribution < 1.29 is 9.53 Å². The van der Waals surface area contributed by atoms with Gasteiger partial charge in [-0.15, -0.1) is 0 Å². The van der Waals surface area contributed by atoms with Crippen LogP contribution in [0, 0.1) is 0 Å². The molecule has 2 aromatic rings. The minimum absolute atomic E-state index is 0.00335. The summed E-state index contributed by atoms with van der Waals surface area (Å²) < 4.78 is 5.23. The van der Waals surface area contributed by atoms with Crippen LogP contribution >= 0.6 is 23.4 Å². The van der Waals surface area contributed by atoms with Gasteiger partial charge in [-0.05, 0) is 91.9 Å². The fraction of sp³-hybridized carbons (Fsp3) is 0.280. The molecule has 6 heteroatoms. The van der Waals surface area contributed by atoms with Gasteiger partial charge in [0.05, 0.1) is 17.7 Å². The number of hydrogen-bond donors (Lipinski definition) is 0. The van der Waals surface area contributed by atoms with E-state index in [2.05, 4.69) is 6.08 Å². The quantitative estimate of drug-likeness (QED) is 0.355. The molecule has 1 fully saturated rings. The van der Waals surface area contributed by atoms with Crippen molar-refractivity contribution in [1.82, 2.24) is 4.90 Å². The third kappa shape index (κ3) is 5.60. The summed E-state index contributed by atoms with van der Waals surface area (Å²) in [6.07, 6.45) is 9.92. The largest absolute Gasteiger partial charge is 0.497 e. The molecule has 0 aromatic heterocycles. The summed E-state index contributed by atoms with van der Waals surface area (Å²) in [5, 5.41) is 1.39. The SMILES string of the molecule is COc1ccc(N=C2S/C(=C\c3ccc(Cl)cc3)C(=O)N2CCC2=CCCCC2)cc1. The summed E-state index contributed by atoms with van der Waals surface area (Å²) in [7, 11) is 1.64. The maximum absolute atomic E-state index is 13.2. The van der Waals surface area contributed by atoms with Gasteiger partial charge in [-0.2, -0.15) is 0 Å². The van der Waals surface area contributed by atoms with Gasteiger partial charge in [0, 0.05) is 11.6 Å². The lowest BCUT2D eigenvalue weighted by atomic mass is 9.97. The second kappa shape index (κ2) is 10.2. The van der Waals surface area contributed by atoms with Crippen LogP contribution in [-0.4, -0.2) is 29.6 Å². The average molecular weight is 453 g/mol. The molecule has 1 aliphatic carbocycles. The van der Waals surface area contributed by atoms with Gasteiger partial charge in [0.25, 0.3) is 5.91 Å². The van der Waals surface area contributed by atoms with Gasteiger partial charge in [0.2, 0.25) is 0 Å². The summed E-state index contributed by atoms with van der Waals surface area (Å²) >= 11 is 7.42. The molecule has 0 unspecified atom stereocenters. The number of methoxy groups -OCH3 is 1. The van der Waals surface area contributed by atoms with Crippen molar-refractivity contribution in [2.75, 3.05) is 13.7 Å². The summed E-state index contributed by atoms with van der Waals surface area (Å²) in [5.41, 5.74) is 3.19. The zero-order chi connectivity index (χ0) is 21.6. The van der Waals surface area contributed by atoms with E-state index in [-0.39, 0.29) is 5.91 Å². The number of amides is 1. The number of nitrogens with zero attached hydrogens (tertiary/aromatic N) is 2. The maximum Gasteiger partial charge on any atom is 0.266 e. The number of allylic oxidation sites excluding steroid dienone is 1. The molecular weight excluding hydrogens is 428 g/mol. The van der Waals surface area contributed by atoms with Crippen molar-refractivity contribution in [3.8, 4) is 5.75 Å². The Hall–Kier alpha value is -2.50. The van der Waals surface area contributed by atoms with E-state index in [4.69, 9.17) is 21.3 Å². The number of benzene rings is 2. The van der Waals surface area contributed by atoms with Gasteiger partial charge in [-0.3, -0.25) is 9.69 Å². The van der Waals surface area contributed by atoms with Crippen LogP contribution in [0.15, 0.2) is 70.1 Å². The monoisotopic (exact) mass is 452 g/mol. The highest BCUT2D eigenvalue weighted by Gasteiger charge is 2.33. The first kappa shape index (κ1) is 21.7. The fourth-order valence-corrected chi connectivity index (χ4v) is 4.80. The second-order valence-corrected chi connectivity index (χ2v) is 9.02. The van der Waals surface area contributed by atoms with Crippen molar-refractivity contribution in [2.45, 2.75) is 32.1 Å². The molecule has 1 amide bonds. The van der Waals surface area contributed by atoms with Crippen molar-refractivity contribution in [3.63, 3.8) is 0 Å². The van der Waals surface area contributed by atoms with E-state index >= 15 is 0 Å². The number of thioether (sulfide) groups is 1. The molecule has 160 valence electrons. The van der Waals surface area contributed by atoms with E-state index in [1.54, 1.807) is 7.11 Å². The van der Waals surface area contributed by atoms with Gasteiger partial charge < -0.3 is 4.74 Å². The standard InChI is InChI=1S/C25H25ClN2O2S/c1-30-22-13-11-21(12-14-22)27-25-28(16-15-18-5-3-2-4-6-18)24(29)23(31-25)17-19-7-9-20(26)10-8-19/h5,7-14,17H,2-4,6,15-16H2,1H3/b23-17-,27-25?. The molecule has 1 heterocycles. The van der Waals surface area contributed by atoms with E-state index in [1.165, 1.54) is 30.2 Å². The van der Waals surface area contributed by atoms with E-state index in [0.717, 1.165) is 36.3 Å². The highest BCUT2D eigenvalue weighted by Crippen LogP contribution is 2.35. The lowest BCUT2D eigenvalue weighted by Crippen LogP contribution is -2.30. The summed E-state index contributed by atoms with van der Waals surface area (Å²) in [6.45, 7) is 0.643. The lowest BCUT2D eigenvalue weighted by molar-refractivity contribution is -0.122. The highest BCUT2D eigenvalue weighted by atomic mass is 35.5. The summed E-state index contributed by atoms with van der Waals surface area (Å²) in [6, 6.07) is 15.1.